The smallest absolute Gasteiger partial charge is 0.251 e. The molecule has 1 N–H and O–H groups in total. The van der Waals surface area contributed by atoms with E-state index in [1.165, 1.54) is 36.4 Å². The van der Waals surface area contributed by atoms with E-state index in [-0.39, 0.29) is 5.91 Å². The number of nitrogens with one attached hydrogen (secondary N) is 1. The van der Waals surface area contributed by atoms with Crippen molar-refractivity contribution in [3.8, 4) is 5.75 Å². The number of carbonyl (C=O) groups excluding carboxylic acids is 1. The number of nitrogens with zero attached hydrogens (tertiary/aromatic N) is 3. The summed E-state index contributed by atoms with van der Waals surface area (Å²) in [6.45, 7) is 4.83. The maximum absolute atomic E-state index is 12.6. The third-order valence-corrected chi connectivity index (χ3v) is 7.49. The average molecular weight is 493 g/mol. The van der Waals surface area contributed by atoms with Crippen LogP contribution in [0.3, 0.4) is 0 Å². The number of piperidine rings is 1. The van der Waals surface area contributed by atoms with Crippen molar-refractivity contribution in [1.29, 1.82) is 0 Å². The van der Waals surface area contributed by atoms with Crippen LogP contribution in [0.15, 0.2) is 48.5 Å². The predicted molar refractivity (Wildman–Crippen MR) is 143 cm³/mol. The molecule has 0 bridgehead atoms. The third kappa shape index (κ3) is 7.28. The zero-order valence-electron chi connectivity index (χ0n) is 20.8. The molecule has 0 atom stereocenters. The van der Waals surface area contributed by atoms with Gasteiger partial charge in [-0.1, -0.05) is 44.0 Å². The predicted octanol–water partition coefficient (Wildman–Crippen LogP) is 5.52. The quantitative estimate of drug-likeness (QED) is 0.357. The molecule has 186 valence electrons. The Hall–Kier alpha value is -2.93. The van der Waals surface area contributed by atoms with Crippen molar-refractivity contribution in [2.75, 3.05) is 31.6 Å². The van der Waals surface area contributed by atoms with Gasteiger partial charge in [0.1, 0.15) is 11.6 Å². The summed E-state index contributed by atoms with van der Waals surface area (Å²) in [7, 11) is 1.68. The van der Waals surface area contributed by atoms with Crippen LogP contribution in [0.25, 0.3) is 0 Å². The molecule has 1 fully saturated rings. The van der Waals surface area contributed by atoms with E-state index in [1.807, 2.05) is 30.3 Å². The Morgan fingerprint density at radius 1 is 1.11 bits per heavy atom. The van der Waals surface area contributed by atoms with Gasteiger partial charge in [-0.3, -0.25) is 4.79 Å². The molecular weight excluding hydrogens is 456 g/mol. The number of amides is 1. The molecule has 7 heteroatoms. The van der Waals surface area contributed by atoms with Crippen molar-refractivity contribution in [2.45, 2.75) is 51.9 Å². The first kappa shape index (κ1) is 25.2. The molecule has 0 aliphatic carbocycles. The molecular formula is C28H36N4O2S. The highest BCUT2D eigenvalue weighted by Gasteiger charge is 2.22. The van der Waals surface area contributed by atoms with Crippen molar-refractivity contribution in [1.82, 2.24) is 14.7 Å². The lowest BCUT2D eigenvalue weighted by Gasteiger charge is -2.31. The number of unbranched alkanes of at least 4 members (excludes halogenated alkanes) is 2. The normalized spacial score (nSPS) is 14.2. The molecule has 35 heavy (non-hydrogen) atoms. The second-order valence-electron chi connectivity index (χ2n) is 9.32. The van der Waals surface area contributed by atoms with Gasteiger partial charge in [0.25, 0.3) is 5.91 Å². The molecule has 6 nitrogen and oxygen atoms in total. The van der Waals surface area contributed by atoms with Gasteiger partial charge in [0.05, 0.1) is 7.11 Å². The summed E-state index contributed by atoms with van der Waals surface area (Å²) in [5, 5.41) is 4.13. The average Bonchev–Trinajstić information content (AvgIpc) is 3.36. The molecule has 0 radical (unpaired) electrons. The molecule has 0 saturated carbocycles. The molecule has 1 aromatic heterocycles. The van der Waals surface area contributed by atoms with Crippen molar-refractivity contribution in [3.63, 3.8) is 0 Å². The minimum atomic E-state index is 0.0267. The summed E-state index contributed by atoms with van der Waals surface area (Å²) < 4.78 is 9.88. The van der Waals surface area contributed by atoms with Crippen LogP contribution >= 0.6 is 11.5 Å². The molecule has 1 saturated heterocycles. The molecule has 1 aliphatic rings. The van der Waals surface area contributed by atoms with E-state index in [4.69, 9.17) is 9.72 Å². The molecule has 1 aliphatic heterocycles. The van der Waals surface area contributed by atoms with Gasteiger partial charge in [0.15, 0.2) is 0 Å². The summed E-state index contributed by atoms with van der Waals surface area (Å²) in [6.07, 6.45) is 7.57. The Labute approximate surface area is 212 Å². The molecule has 0 unspecified atom stereocenters. The van der Waals surface area contributed by atoms with Gasteiger partial charge in [0, 0.05) is 43.2 Å². The summed E-state index contributed by atoms with van der Waals surface area (Å²) >= 11 is 1.47. The maximum atomic E-state index is 12.6. The topological polar surface area (TPSA) is 67.4 Å². The highest BCUT2D eigenvalue weighted by Crippen LogP contribution is 2.25. The number of hydrogen-bond acceptors (Lipinski definition) is 6. The SMILES string of the molecule is CCCCCc1ccc(C(=O)NCC2CCN(c3nc(Cc4cccc(OC)c4)ns3)CC2)cc1. The lowest BCUT2D eigenvalue weighted by molar-refractivity contribution is 0.0945. The first-order valence-electron chi connectivity index (χ1n) is 12.7. The van der Waals surface area contributed by atoms with Crippen LogP contribution in [0, 0.1) is 5.92 Å². The fourth-order valence-corrected chi connectivity index (χ4v) is 5.22. The Kier molecular flexibility index (Phi) is 9.12. The minimum Gasteiger partial charge on any atom is -0.497 e. The van der Waals surface area contributed by atoms with Gasteiger partial charge in [-0.05, 0) is 67.0 Å². The van der Waals surface area contributed by atoms with E-state index in [2.05, 4.69) is 39.7 Å². The largest absolute Gasteiger partial charge is 0.497 e. The number of ether oxygens (including phenoxy) is 1. The summed E-state index contributed by atoms with van der Waals surface area (Å²) in [5.74, 6) is 2.22. The number of hydrogen-bond donors (Lipinski definition) is 1. The Morgan fingerprint density at radius 2 is 1.91 bits per heavy atom. The number of anilines is 1. The van der Waals surface area contributed by atoms with Gasteiger partial charge in [-0.25, -0.2) is 4.98 Å². The van der Waals surface area contributed by atoms with Gasteiger partial charge in [-0.2, -0.15) is 4.37 Å². The lowest BCUT2D eigenvalue weighted by Crippen LogP contribution is -2.38. The van der Waals surface area contributed by atoms with Crippen LogP contribution in [0.1, 0.15) is 66.3 Å². The van der Waals surface area contributed by atoms with Gasteiger partial charge < -0.3 is 15.0 Å². The monoisotopic (exact) mass is 492 g/mol. The highest BCUT2D eigenvalue weighted by molar-refractivity contribution is 7.09. The van der Waals surface area contributed by atoms with Crippen molar-refractivity contribution < 1.29 is 9.53 Å². The number of methoxy groups -OCH3 is 1. The number of benzene rings is 2. The summed E-state index contributed by atoms with van der Waals surface area (Å²) in [4.78, 5) is 19.7. The molecule has 3 aromatic rings. The Balaban J connectivity index is 1.20. The second-order valence-corrected chi connectivity index (χ2v) is 10.0. The Morgan fingerprint density at radius 3 is 2.66 bits per heavy atom. The lowest BCUT2D eigenvalue weighted by atomic mass is 9.97. The third-order valence-electron chi connectivity index (χ3n) is 6.68. The van der Waals surface area contributed by atoms with E-state index in [0.717, 1.165) is 66.7 Å². The first-order chi connectivity index (χ1) is 17.1. The number of aryl methyl sites for hydroxylation is 1. The van der Waals surface area contributed by atoms with Gasteiger partial charge >= 0.3 is 0 Å². The summed E-state index contributed by atoms with van der Waals surface area (Å²) in [5.41, 5.74) is 3.21. The van der Waals surface area contributed by atoms with E-state index in [9.17, 15) is 4.79 Å². The molecule has 2 aromatic carbocycles. The second kappa shape index (κ2) is 12.7. The number of rotatable bonds is 11. The van der Waals surface area contributed by atoms with Crippen molar-refractivity contribution >= 4 is 22.6 Å². The van der Waals surface area contributed by atoms with Crippen LogP contribution in [-0.4, -0.2) is 42.0 Å². The van der Waals surface area contributed by atoms with E-state index in [1.54, 1.807) is 7.11 Å². The maximum Gasteiger partial charge on any atom is 0.251 e. The molecule has 4 rings (SSSR count). The minimum absolute atomic E-state index is 0.0267. The Bertz CT molecular complexity index is 1070. The number of aromatic nitrogens is 2. The van der Waals surface area contributed by atoms with Crippen LogP contribution in [0.2, 0.25) is 0 Å². The van der Waals surface area contributed by atoms with Gasteiger partial charge in [0.2, 0.25) is 5.13 Å². The van der Waals surface area contributed by atoms with E-state index < -0.39 is 0 Å². The van der Waals surface area contributed by atoms with E-state index in [0.29, 0.717) is 12.3 Å². The fourth-order valence-electron chi connectivity index (χ4n) is 4.48. The standard InChI is InChI=1S/C28H36N4O2S/c1-3-4-5-7-21-10-12-24(13-11-21)27(33)29-20-22-14-16-32(17-15-22)28-30-26(31-35-28)19-23-8-6-9-25(18-23)34-2/h6,8-13,18,22H,3-5,7,14-17,19-20H2,1-2H3,(H,29,33). The van der Waals surface area contributed by atoms with Crippen LogP contribution < -0.4 is 15.0 Å². The number of carbonyl (C=O) groups is 1. The zero-order valence-corrected chi connectivity index (χ0v) is 21.7. The van der Waals surface area contributed by atoms with Crippen LogP contribution in [0.5, 0.6) is 5.75 Å². The summed E-state index contributed by atoms with van der Waals surface area (Å²) in [6, 6.07) is 16.1. The molecule has 2 heterocycles. The van der Waals surface area contributed by atoms with Crippen molar-refractivity contribution in [2.24, 2.45) is 5.92 Å². The fraction of sp³-hybridized carbons (Fsp3) is 0.464. The van der Waals surface area contributed by atoms with Crippen LogP contribution in [-0.2, 0) is 12.8 Å². The van der Waals surface area contributed by atoms with Gasteiger partial charge in [-0.15, -0.1) is 0 Å². The van der Waals surface area contributed by atoms with Crippen molar-refractivity contribution in [3.05, 3.63) is 71.0 Å². The van der Waals surface area contributed by atoms with Crippen LogP contribution in [0.4, 0.5) is 5.13 Å². The zero-order chi connectivity index (χ0) is 24.5. The molecule has 1 amide bonds. The highest BCUT2D eigenvalue weighted by atomic mass is 32.1. The first-order valence-corrected chi connectivity index (χ1v) is 13.5. The molecule has 0 spiro atoms. The van der Waals surface area contributed by atoms with E-state index >= 15 is 0 Å².